The van der Waals surface area contributed by atoms with Gasteiger partial charge in [0.1, 0.15) is 0 Å². The quantitative estimate of drug-likeness (QED) is 0.807. The first-order chi connectivity index (χ1) is 7.13. The van der Waals surface area contributed by atoms with E-state index in [0.717, 1.165) is 25.0 Å². The Bertz CT molecular complexity index is 324. The molecule has 5 heteroatoms. The van der Waals surface area contributed by atoms with Gasteiger partial charge in [0.2, 0.25) is 5.91 Å². The average molecular weight is 227 g/mol. The number of thiazole rings is 1. The Balaban J connectivity index is 2.41. The number of anilines is 1. The molecule has 0 bridgehead atoms. The van der Waals surface area contributed by atoms with Gasteiger partial charge in [0.05, 0.1) is 11.7 Å². The minimum atomic E-state index is -0.422. The molecule has 0 fully saturated rings. The van der Waals surface area contributed by atoms with Crippen molar-refractivity contribution in [2.45, 2.75) is 39.2 Å². The first-order valence-corrected chi connectivity index (χ1v) is 6.00. The Labute approximate surface area is 93.9 Å². The lowest BCUT2D eigenvalue weighted by molar-refractivity contribution is -0.117. The van der Waals surface area contributed by atoms with Gasteiger partial charge in [-0.1, -0.05) is 19.8 Å². The number of unbranched alkanes of at least 4 members (excludes halogenated alkanes) is 1. The molecule has 1 aromatic heterocycles. The van der Waals surface area contributed by atoms with Crippen molar-refractivity contribution in [2.24, 2.45) is 5.73 Å². The Kier molecular flexibility index (Phi) is 4.71. The van der Waals surface area contributed by atoms with E-state index in [-0.39, 0.29) is 5.91 Å². The molecular formula is C10H17N3OS. The molecule has 1 rings (SSSR count). The Morgan fingerprint density at radius 1 is 1.73 bits per heavy atom. The van der Waals surface area contributed by atoms with Crippen LogP contribution in [-0.4, -0.2) is 16.9 Å². The summed E-state index contributed by atoms with van der Waals surface area (Å²) in [6.07, 6.45) is 2.76. The van der Waals surface area contributed by atoms with E-state index in [9.17, 15) is 4.79 Å². The van der Waals surface area contributed by atoms with Crippen molar-refractivity contribution in [3.05, 3.63) is 11.1 Å². The van der Waals surface area contributed by atoms with Crippen LogP contribution in [-0.2, 0) is 4.79 Å². The fraction of sp³-hybridized carbons (Fsp3) is 0.600. The third-order valence-corrected chi connectivity index (χ3v) is 2.93. The number of nitrogens with zero attached hydrogens (tertiary/aromatic N) is 1. The van der Waals surface area contributed by atoms with Crippen molar-refractivity contribution in [3.63, 3.8) is 0 Å². The normalized spacial score (nSPS) is 12.5. The van der Waals surface area contributed by atoms with Crippen LogP contribution in [0.2, 0.25) is 0 Å². The molecule has 0 spiro atoms. The Morgan fingerprint density at radius 2 is 2.47 bits per heavy atom. The second kappa shape index (κ2) is 5.82. The lowest BCUT2D eigenvalue weighted by Crippen LogP contribution is -2.35. The van der Waals surface area contributed by atoms with Crippen molar-refractivity contribution >= 4 is 22.4 Å². The number of hydrogen-bond acceptors (Lipinski definition) is 4. The van der Waals surface area contributed by atoms with Crippen LogP contribution in [0.15, 0.2) is 5.38 Å². The molecule has 1 unspecified atom stereocenters. The second-order valence-electron chi connectivity index (χ2n) is 3.53. The van der Waals surface area contributed by atoms with E-state index in [4.69, 9.17) is 5.73 Å². The Hall–Kier alpha value is -0.940. The van der Waals surface area contributed by atoms with Crippen molar-refractivity contribution in [1.29, 1.82) is 0 Å². The SMILES string of the molecule is CCCCC(N)C(=O)Nc1nc(C)cs1. The van der Waals surface area contributed by atoms with Crippen LogP contribution < -0.4 is 11.1 Å². The molecule has 1 atom stereocenters. The number of nitrogens with two attached hydrogens (primary N) is 1. The van der Waals surface area contributed by atoms with Gasteiger partial charge in [0.15, 0.2) is 5.13 Å². The monoisotopic (exact) mass is 227 g/mol. The number of hydrogen-bond donors (Lipinski definition) is 2. The smallest absolute Gasteiger partial charge is 0.243 e. The van der Waals surface area contributed by atoms with E-state index in [0.29, 0.717) is 5.13 Å². The fourth-order valence-corrected chi connectivity index (χ4v) is 1.86. The number of carbonyl (C=O) groups is 1. The summed E-state index contributed by atoms with van der Waals surface area (Å²) in [5.41, 5.74) is 6.64. The molecule has 1 heterocycles. The van der Waals surface area contributed by atoms with E-state index in [1.165, 1.54) is 11.3 Å². The maximum Gasteiger partial charge on any atom is 0.243 e. The van der Waals surface area contributed by atoms with Crippen LogP contribution in [0, 0.1) is 6.92 Å². The lowest BCUT2D eigenvalue weighted by Gasteiger charge is -2.09. The van der Waals surface area contributed by atoms with E-state index in [1.807, 2.05) is 12.3 Å². The van der Waals surface area contributed by atoms with E-state index in [2.05, 4.69) is 17.2 Å². The van der Waals surface area contributed by atoms with Crippen LogP contribution >= 0.6 is 11.3 Å². The molecule has 1 amide bonds. The molecule has 0 radical (unpaired) electrons. The maximum absolute atomic E-state index is 11.6. The zero-order valence-electron chi connectivity index (χ0n) is 9.12. The summed E-state index contributed by atoms with van der Waals surface area (Å²) in [7, 11) is 0. The standard InChI is InChI=1S/C10H17N3OS/c1-3-4-5-8(11)9(14)13-10-12-7(2)6-15-10/h6,8H,3-5,11H2,1-2H3,(H,12,13,14). The van der Waals surface area contributed by atoms with E-state index < -0.39 is 6.04 Å². The largest absolute Gasteiger partial charge is 0.320 e. The number of amides is 1. The third-order valence-electron chi connectivity index (χ3n) is 2.05. The van der Waals surface area contributed by atoms with Crippen molar-refractivity contribution in [1.82, 2.24) is 4.98 Å². The summed E-state index contributed by atoms with van der Waals surface area (Å²) in [5, 5.41) is 5.24. The summed E-state index contributed by atoms with van der Waals surface area (Å²) in [4.78, 5) is 15.7. The molecule has 0 saturated heterocycles. The molecule has 0 saturated carbocycles. The van der Waals surface area contributed by atoms with Gasteiger partial charge < -0.3 is 11.1 Å². The molecule has 0 aliphatic carbocycles. The number of nitrogens with one attached hydrogen (secondary N) is 1. The van der Waals surface area contributed by atoms with E-state index in [1.54, 1.807) is 0 Å². The van der Waals surface area contributed by atoms with Crippen molar-refractivity contribution in [2.75, 3.05) is 5.32 Å². The molecule has 0 aliphatic heterocycles. The van der Waals surface area contributed by atoms with Gasteiger partial charge in [0, 0.05) is 5.38 Å². The first kappa shape index (κ1) is 12.1. The average Bonchev–Trinajstić information content (AvgIpc) is 2.60. The predicted molar refractivity (Wildman–Crippen MR) is 63.0 cm³/mol. The highest BCUT2D eigenvalue weighted by Gasteiger charge is 2.13. The highest BCUT2D eigenvalue weighted by atomic mass is 32.1. The lowest BCUT2D eigenvalue weighted by atomic mass is 10.1. The van der Waals surface area contributed by atoms with Gasteiger partial charge in [-0.15, -0.1) is 11.3 Å². The summed E-state index contributed by atoms with van der Waals surface area (Å²) >= 11 is 1.42. The summed E-state index contributed by atoms with van der Waals surface area (Å²) in [6, 6.07) is -0.422. The van der Waals surface area contributed by atoms with Crippen molar-refractivity contribution < 1.29 is 4.79 Å². The van der Waals surface area contributed by atoms with Crippen LogP contribution in [0.25, 0.3) is 0 Å². The molecule has 1 aromatic rings. The second-order valence-corrected chi connectivity index (χ2v) is 4.39. The number of aromatic nitrogens is 1. The number of rotatable bonds is 5. The van der Waals surface area contributed by atoms with Crippen LogP contribution in [0.5, 0.6) is 0 Å². The van der Waals surface area contributed by atoms with E-state index >= 15 is 0 Å². The topological polar surface area (TPSA) is 68.0 Å². The Morgan fingerprint density at radius 3 is 3.00 bits per heavy atom. The van der Waals surface area contributed by atoms with Gasteiger partial charge in [-0.2, -0.15) is 0 Å². The summed E-state index contributed by atoms with van der Waals surface area (Å²) < 4.78 is 0. The minimum absolute atomic E-state index is 0.141. The molecular weight excluding hydrogens is 210 g/mol. The maximum atomic E-state index is 11.6. The first-order valence-electron chi connectivity index (χ1n) is 5.12. The molecule has 0 aliphatic rings. The molecule has 15 heavy (non-hydrogen) atoms. The predicted octanol–water partition coefficient (Wildman–Crippen LogP) is 1.91. The van der Waals surface area contributed by atoms with Crippen molar-refractivity contribution in [3.8, 4) is 0 Å². The summed E-state index contributed by atoms with van der Waals surface area (Å²) in [5.74, 6) is -0.141. The zero-order chi connectivity index (χ0) is 11.3. The number of carbonyl (C=O) groups excluding carboxylic acids is 1. The minimum Gasteiger partial charge on any atom is -0.320 e. The van der Waals surface area contributed by atoms with Gasteiger partial charge in [-0.3, -0.25) is 4.79 Å². The van der Waals surface area contributed by atoms with Gasteiger partial charge in [0.25, 0.3) is 0 Å². The highest BCUT2D eigenvalue weighted by molar-refractivity contribution is 7.13. The molecule has 0 aromatic carbocycles. The van der Waals surface area contributed by atoms with Crippen LogP contribution in [0.1, 0.15) is 31.9 Å². The van der Waals surface area contributed by atoms with Gasteiger partial charge >= 0.3 is 0 Å². The molecule has 4 nitrogen and oxygen atoms in total. The summed E-state index contributed by atoms with van der Waals surface area (Å²) in [6.45, 7) is 3.97. The molecule has 84 valence electrons. The highest BCUT2D eigenvalue weighted by Crippen LogP contribution is 2.14. The van der Waals surface area contributed by atoms with Gasteiger partial charge in [-0.25, -0.2) is 4.98 Å². The third kappa shape index (κ3) is 3.97. The fourth-order valence-electron chi connectivity index (χ4n) is 1.16. The number of aryl methyl sites for hydroxylation is 1. The zero-order valence-corrected chi connectivity index (χ0v) is 9.93. The van der Waals surface area contributed by atoms with Crippen LogP contribution in [0.3, 0.4) is 0 Å². The van der Waals surface area contributed by atoms with Crippen LogP contribution in [0.4, 0.5) is 5.13 Å². The molecule has 3 N–H and O–H groups in total. The van der Waals surface area contributed by atoms with Gasteiger partial charge in [-0.05, 0) is 13.3 Å².